The maximum Gasteiger partial charge on any atom is 0.319 e. The number of carbonyl (C=O) groups excluding carboxylic acids is 2. The standard InChI is InChI=1S/C13H14N2O4/c14-10(16)8-2-4-9(5-3-8)15-11(17)13(12(18)19)6-1-7-13/h2-5H,1,6-7H2,(H2,14,16)(H,15,17)(H,18,19). The molecule has 1 fully saturated rings. The van der Waals surface area contributed by atoms with Gasteiger partial charge in [-0.3, -0.25) is 14.4 Å². The number of amides is 2. The maximum absolute atomic E-state index is 12.0. The fourth-order valence-corrected chi connectivity index (χ4v) is 2.04. The summed E-state index contributed by atoms with van der Waals surface area (Å²) in [5.74, 6) is -2.16. The molecule has 0 unspecified atom stereocenters. The van der Waals surface area contributed by atoms with Gasteiger partial charge in [-0.25, -0.2) is 0 Å². The fourth-order valence-electron chi connectivity index (χ4n) is 2.04. The molecule has 0 aromatic heterocycles. The number of hydrogen-bond acceptors (Lipinski definition) is 3. The lowest BCUT2D eigenvalue weighted by molar-refractivity contribution is -0.159. The topological polar surface area (TPSA) is 109 Å². The summed E-state index contributed by atoms with van der Waals surface area (Å²) in [6.07, 6.45) is 1.45. The van der Waals surface area contributed by atoms with Crippen molar-refractivity contribution >= 4 is 23.5 Å². The molecular formula is C13H14N2O4. The molecule has 0 atom stereocenters. The zero-order chi connectivity index (χ0) is 14.0. The molecule has 2 rings (SSSR count). The van der Waals surface area contributed by atoms with Crippen LogP contribution in [0.25, 0.3) is 0 Å². The number of benzene rings is 1. The van der Waals surface area contributed by atoms with Crippen LogP contribution < -0.4 is 11.1 Å². The summed E-state index contributed by atoms with van der Waals surface area (Å²) in [5, 5.41) is 11.7. The number of nitrogens with two attached hydrogens (primary N) is 1. The number of carboxylic acid groups (broad SMARTS) is 1. The molecule has 0 spiro atoms. The van der Waals surface area contributed by atoms with Gasteiger partial charge in [0.1, 0.15) is 5.41 Å². The highest BCUT2D eigenvalue weighted by molar-refractivity contribution is 6.09. The van der Waals surface area contributed by atoms with Crippen molar-refractivity contribution in [1.29, 1.82) is 0 Å². The predicted molar refractivity (Wildman–Crippen MR) is 67.5 cm³/mol. The number of aliphatic carboxylic acids is 1. The van der Waals surface area contributed by atoms with E-state index < -0.39 is 23.2 Å². The van der Waals surface area contributed by atoms with Crippen molar-refractivity contribution in [2.45, 2.75) is 19.3 Å². The highest BCUT2D eigenvalue weighted by Crippen LogP contribution is 2.42. The number of hydrogen-bond donors (Lipinski definition) is 3. The van der Waals surface area contributed by atoms with Crippen molar-refractivity contribution in [1.82, 2.24) is 0 Å². The normalized spacial score (nSPS) is 16.2. The molecule has 0 bridgehead atoms. The second-order valence-corrected chi connectivity index (χ2v) is 4.64. The van der Waals surface area contributed by atoms with E-state index in [1.165, 1.54) is 24.3 Å². The van der Waals surface area contributed by atoms with Crippen LogP contribution in [0.15, 0.2) is 24.3 Å². The summed E-state index contributed by atoms with van der Waals surface area (Å²) >= 11 is 0. The Labute approximate surface area is 109 Å². The molecule has 0 radical (unpaired) electrons. The first-order valence-corrected chi connectivity index (χ1v) is 5.90. The molecule has 2 amide bonds. The summed E-state index contributed by atoms with van der Waals surface area (Å²) in [4.78, 5) is 34.0. The van der Waals surface area contributed by atoms with Gasteiger partial charge in [0.2, 0.25) is 11.8 Å². The average Bonchev–Trinajstić information content (AvgIpc) is 2.27. The highest BCUT2D eigenvalue weighted by Gasteiger charge is 2.51. The van der Waals surface area contributed by atoms with Gasteiger partial charge >= 0.3 is 5.97 Å². The van der Waals surface area contributed by atoms with Crippen molar-refractivity contribution in [3.8, 4) is 0 Å². The molecule has 1 aromatic rings. The lowest BCUT2D eigenvalue weighted by Gasteiger charge is -2.35. The number of primary amides is 1. The van der Waals surface area contributed by atoms with Crippen LogP contribution in [-0.4, -0.2) is 22.9 Å². The SMILES string of the molecule is NC(=O)c1ccc(NC(=O)C2(C(=O)O)CCC2)cc1. The summed E-state index contributed by atoms with van der Waals surface area (Å²) in [6, 6.07) is 6.00. The Kier molecular flexibility index (Phi) is 3.25. The van der Waals surface area contributed by atoms with E-state index in [4.69, 9.17) is 10.8 Å². The third-order valence-corrected chi connectivity index (χ3v) is 3.48. The maximum atomic E-state index is 12.0. The second-order valence-electron chi connectivity index (χ2n) is 4.64. The lowest BCUT2D eigenvalue weighted by Crippen LogP contribution is -2.48. The molecule has 0 aliphatic heterocycles. The zero-order valence-corrected chi connectivity index (χ0v) is 10.2. The molecule has 1 aromatic carbocycles. The van der Waals surface area contributed by atoms with Crippen LogP contribution in [0, 0.1) is 5.41 Å². The first kappa shape index (κ1) is 13.1. The van der Waals surface area contributed by atoms with E-state index >= 15 is 0 Å². The largest absolute Gasteiger partial charge is 0.480 e. The molecule has 0 saturated heterocycles. The van der Waals surface area contributed by atoms with Gasteiger partial charge in [0.05, 0.1) is 0 Å². The zero-order valence-electron chi connectivity index (χ0n) is 10.2. The van der Waals surface area contributed by atoms with E-state index in [0.29, 0.717) is 24.1 Å². The number of nitrogens with one attached hydrogen (secondary N) is 1. The number of anilines is 1. The van der Waals surface area contributed by atoms with Crippen LogP contribution in [-0.2, 0) is 9.59 Å². The Bertz CT molecular complexity index is 532. The minimum Gasteiger partial charge on any atom is -0.480 e. The molecule has 6 nitrogen and oxygen atoms in total. The highest BCUT2D eigenvalue weighted by atomic mass is 16.4. The van der Waals surface area contributed by atoms with Crippen LogP contribution in [0.4, 0.5) is 5.69 Å². The van der Waals surface area contributed by atoms with Gasteiger partial charge < -0.3 is 16.2 Å². The summed E-state index contributed by atoms with van der Waals surface area (Å²) < 4.78 is 0. The monoisotopic (exact) mass is 262 g/mol. The first-order valence-electron chi connectivity index (χ1n) is 5.90. The molecule has 0 heterocycles. The molecule has 100 valence electrons. The van der Waals surface area contributed by atoms with E-state index in [0.717, 1.165) is 6.42 Å². The smallest absolute Gasteiger partial charge is 0.319 e. The van der Waals surface area contributed by atoms with Crippen molar-refractivity contribution < 1.29 is 19.5 Å². The first-order chi connectivity index (χ1) is 8.95. The van der Waals surface area contributed by atoms with Crippen molar-refractivity contribution in [2.24, 2.45) is 11.1 Å². The Morgan fingerprint density at radius 2 is 1.74 bits per heavy atom. The van der Waals surface area contributed by atoms with Crippen LogP contribution in [0.1, 0.15) is 29.6 Å². The molecule has 4 N–H and O–H groups in total. The van der Waals surface area contributed by atoms with Crippen LogP contribution in [0.2, 0.25) is 0 Å². The molecule has 1 saturated carbocycles. The molecular weight excluding hydrogens is 248 g/mol. The van der Waals surface area contributed by atoms with Crippen molar-refractivity contribution in [3.63, 3.8) is 0 Å². The minimum atomic E-state index is -1.30. The van der Waals surface area contributed by atoms with Gasteiger partial charge in [-0.1, -0.05) is 6.42 Å². The van der Waals surface area contributed by atoms with E-state index in [2.05, 4.69) is 5.32 Å². The van der Waals surface area contributed by atoms with Gasteiger partial charge in [-0.15, -0.1) is 0 Å². The Balaban J connectivity index is 2.11. The van der Waals surface area contributed by atoms with Crippen molar-refractivity contribution in [2.75, 3.05) is 5.32 Å². The van der Waals surface area contributed by atoms with Crippen LogP contribution >= 0.6 is 0 Å². The van der Waals surface area contributed by atoms with Gasteiger partial charge in [-0.2, -0.15) is 0 Å². The number of carboxylic acids is 1. The molecule has 6 heteroatoms. The van der Waals surface area contributed by atoms with Crippen molar-refractivity contribution in [3.05, 3.63) is 29.8 Å². The van der Waals surface area contributed by atoms with Gasteiger partial charge in [0.25, 0.3) is 0 Å². The van der Waals surface area contributed by atoms with Crippen LogP contribution in [0.3, 0.4) is 0 Å². The molecule has 1 aliphatic carbocycles. The van der Waals surface area contributed by atoms with Gasteiger partial charge in [0.15, 0.2) is 0 Å². The Morgan fingerprint density at radius 1 is 1.16 bits per heavy atom. The predicted octanol–water partition coefficient (Wildman–Crippen LogP) is 0.979. The minimum absolute atomic E-state index is 0.328. The van der Waals surface area contributed by atoms with E-state index in [9.17, 15) is 14.4 Å². The van der Waals surface area contributed by atoms with E-state index in [-0.39, 0.29) is 0 Å². The Hall–Kier alpha value is -2.37. The fraction of sp³-hybridized carbons (Fsp3) is 0.308. The van der Waals surface area contributed by atoms with E-state index in [1.54, 1.807) is 0 Å². The molecule has 19 heavy (non-hydrogen) atoms. The third-order valence-electron chi connectivity index (χ3n) is 3.48. The number of rotatable bonds is 4. The number of carbonyl (C=O) groups is 3. The van der Waals surface area contributed by atoms with Gasteiger partial charge in [-0.05, 0) is 37.1 Å². The van der Waals surface area contributed by atoms with Crippen LogP contribution in [0.5, 0.6) is 0 Å². The summed E-state index contributed by atoms with van der Waals surface area (Å²) in [7, 11) is 0. The quantitative estimate of drug-likeness (QED) is 0.702. The summed E-state index contributed by atoms with van der Waals surface area (Å²) in [6.45, 7) is 0. The lowest BCUT2D eigenvalue weighted by atomic mass is 9.68. The third kappa shape index (κ3) is 2.29. The Morgan fingerprint density at radius 3 is 2.11 bits per heavy atom. The molecule has 1 aliphatic rings. The van der Waals surface area contributed by atoms with Gasteiger partial charge in [0, 0.05) is 11.3 Å². The van der Waals surface area contributed by atoms with E-state index in [1.807, 2.05) is 0 Å². The summed E-state index contributed by atoms with van der Waals surface area (Å²) in [5.41, 5.74) is 4.57. The second kappa shape index (κ2) is 4.72. The average molecular weight is 262 g/mol.